The van der Waals surface area contributed by atoms with Crippen molar-refractivity contribution in [2.45, 2.75) is 56.9 Å². The monoisotopic (exact) mass is 749 g/mol. The Morgan fingerprint density at radius 1 is 1.02 bits per heavy atom. The van der Waals surface area contributed by atoms with Crippen molar-refractivity contribution in [2.75, 3.05) is 18.1 Å². The van der Waals surface area contributed by atoms with E-state index in [1.807, 2.05) is 4.90 Å². The molecule has 2 aromatic heterocycles. The zero-order chi connectivity index (χ0) is 38.1. The van der Waals surface area contributed by atoms with Crippen molar-refractivity contribution in [3.63, 3.8) is 0 Å². The number of phosphoric ester groups is 1. The molecule has 1 fully saturated rings. The first-order chi connectivity index (χ1) is 24.1. The fourth-order valence-corrected chi connectivity index (χ4v) is 6.76. The molecule has 274 valence electrons. The summed E-state index contributed by atoms with van der Waals surface area (Å²) in [5.41, 5.74) is -1.96. The number of aromatic nitrogens is 1. The number of carbonyl (C=O) groups is 4. The molecule has 1 atom stereocenters. The number of halogens is 4. The van der Waals surface area contributed by atoms with Crippen LogP contribution in [-0.2, 0) is 28.3 Å². The number of benzene rings is 1. The molecule has 0 radical (unpaired) electrons. The molecule has 6 rings (SSSR count). The molecular weight excluding hydrogens is 721 g/mol. The first-order valence-corrected chi connectivity index (χ1v) is 17.1. The number of carbonyl (C=O) groups excluding carboxylic acids is 4. The topological polar surface area (TPSA) is 199 Å². The molecule has 52 heavy (non-hydrogen) atoms. The zero-order valence-electron chi connectivity index (χ0n) is 27.2. The summed E-state index contributed by atoms with van der Waals surface area (Å²) >= 11 is 0. The Balaban J connectivity index is 1.36. The highest BCUT2D eigenvalue weighted by atomic mass is 31.2. The second-order valence-corrected chi connectivity index (χ2v) is 14.1. The van der Waals surface area contributed by atoms with Crippen molar-refractivity contribution in [1.29, 1.82) is 0 Å². The molecule has 0 saturated carbocycles. The van der Waals surface area contributed by atoms with E-state index < -0.39 is 72.4 Å². The van der Waals surface area contributed by atoms with E-state index in [1.54, 1.807) is 26.0 Å². The van der Waals surface area contributed by atoms with E-state index in [0.29, 0.717) is 26.3 Å². The minimum Gasteiger partial charge on any atom is -0.756 e. The van der Waals surface area contributed by atoms with E-state index in [1.165, 1.54) is 12.1 Å². The summed E-state index contributed by atoms with van der Waals surface area (Å²) in [6.45, 7) is 3.12. The number of fused-ring (bicyclic) bond motifs is 2. The second-order valence-electron chi connectivity index (χ2n) is 12.9. The van der Waals surface area contributed by atoms with Gasteiger partial charge in [-0.3, -0.25) is 23.7 Å². The Morgan fingerprint density at radius 3 is 2.21 bits per heavy atom. The highest BCUT2D eigenvalue weighted by Gasteiger charge is 2.74. The van der Waals surface area contributed by atoms with Gasteiger partial charge in [-0.1, -0.05) is 6.08 Å². The number of anilines is 1. The smallest absolute Gasteiger partial charge is 0.385 e. The van der Waals surface area contributed by atoms with Crippen LogP contribution >= 0.6 is 7.82 Å². The second kappa shape index (κ2) is 12.6. The fraction of sp³-hybridized carbons (Fsp3) is 0.333. The lowest BCUT2D eigenvalue weighted by atomic mass is 9.87. The minimum absolute atomic E-state index is 0.0476. The van der Waals surface area contributed by atoms with Crippen molar-refractivity contribution in [2.24, 2.45) is 0 Å². The lowest BCUT2D eigenvalue weighted by molar-refractivity contribution is -0.578. The van der Waals surface area contributed by atoms with Gasteiger partial charge in [-0.25, -0.2) is 9.69 Å². The van der Waals surface area contributed by atoms with Crippen LogP contribution in [0.4, 0.5) is 23.2 Å². The number of hydrogen-bond donors (Lipinski definition) is 2. The third kappa shape index (κ3) is 6.25. The van der Waals surface area contributed by atoms with Gasteiger partial charge in [-0.15, -0.1) is 0 Å². The minimum atomic E-state index is -5.17. The van der Waals surface area contributed by atoms with E-state index >= 15 is 0 Å². The lowest BCUT2D eigenvalue weighted by Gasteiger charge is -2.44. The highest BCUT2D eigenvalue weighted by Crippen LogP contribution is 2.48. The van der Waals surface area contributed by atoms with Gasteiger partial charge in [0.05, 0.1) is 17.7 Å². The third-order valence-corrected chi connectivity index (χ3v) is 9.44. The standard InChI is InChI=1S/C33H28F4N3O11P/c1-31(2)15-19(16-50-52(47,48)49)20-12-18-13-21(17-7-10-38(11-8-17)27-28(44)32(34,35)33(36,37)29(27)45)30(46)51-23(18)14-22(20)39(31)9-3-4-24(41)40-25(42)5-6-26(40)43/h7-8,10-15H,3-6,9,16H2,1-2H3,(H2-,44,45,47,48,49). The third-order valence-electron chi connectivity index (χ3n) is 8.98. The van der Waals surface area contributed by atoms with Gasteiger partial charge in [-0.05, 0) is 38.0 Å². The number of alkyl halides is 4. The van der Waals surface area contributed by atoms with Gasteiger partial charge in [0, 0.05) is 66.2 Å². The molecule has 3 aromatic rings. The van der Waals surface area contributed by atoms with E-state index in [2.05, 4.69) is 0 Å². The van der Waals surface area contributed by atoms with E-state index in [-0.39, 0.29) is 54.3 Å². The predicted octanol–water partition coefficient (Wildman–Crippen LogP) is 3.24. The average Bonchev–Trinajstić information content (AvgIpc) is 3.45. The number of likely N-dealkylation sites (tertiary alicyclic amines) is 1. The Labute approximate surface area is 290 Å². The lowest BCUT2D eigenvalue weighted by Crippen LogP contribution is -2.46. The molecule has 1 saturated heterocycles. The van der Waals surface area contributed by atoms with Crippen LogP contribution in [0.2, 0.25) is 0 Å². The number of aliphatic hydroxyl groups is 1. The molecule has 1 aromatic carbocycles. The van der Waals surface area contributed by atoms with Crippen molar-refractivity contribution in [1.82, 2.24) is 4.90 Å². The zero-order valence-corrected chi connectivity index (χ0v) is 28.1. The Morgan fingerprint density at radius 2 is 1.63 bits per heavy atom. The summed E-state index contributed by atoms with van der Waals surface area (Å²) in [7, 11) is -5.17. The van der Waals surface area contributed by atoms with Crippen LogP contribution in [0.3, 0.4) is 0 Å². The molecule has 4 heterocycles. The first-order valence-electron chi connectivity index (χ1n) is 15.6. The summed E-state index contributed by atoms with van der Waals surface area (Å²) in [6.07, 6.45) is 3.44. The number of allylic oxidation sites excluding steroid dienone is 2. The fourth-order valence-electron chi connectivity index (χ4n) is 6.46. The number of Topliss-reactive ketones (excluding diaryl/α,β-unsaturated/α-hetero) is 1. The number of rotatable bonds is 9. The molecule has 0 spiro atoms. The van der Waals surface area contributed by atoms with Gasteiger partial charge in [0.1, 0.15) is 5.58 Å². The molecule has 19 heteroatoms. The van der Waals surface area contributed by atoms with E-state index in [4.69, 9.17) is 8.94 Å². The molecule has 3 amide bonds. The van der Waals surface area contributed by atoms with Crippen LogP contribution in [0.5, 0.6) is 0 Å². The normalized spacial score (nSPS) is 20.4. The molecule has 2 aliphatic heterocycles. The summed E-state index contributed by atoms with van der Waals surface area (Å²) in [5.74, 6) is -16.5. The van der Waals surface area contributed by atoms with Gasteiger partial charge in [0.15, 0.2) is 12.4 Å². The van der Waals surface area contributed by atoms with Crippen molar-refractivity contribution >= 4 is 59.3 Å². The number of aliphatic hydroxyl groups excluding tert-OH is 1. The Kier molecular flexibility index (Phi) is 8.89. The number of amides is 3. The average molecular weight is 750 g/mol. The van der Waals surface area contributed by atoms with Crippen molar-refractivity contribution in [3.8, 4) is 11.1 Å². The maximum atomic E-state index is 13.9. The van der Waals surface area contributed by atoms with Crippen LogP contribution in [0.15, 0.2) is 63.8 Å². The van der Waals surface area contributed by atoms with Gasteiger partial charge in [0.2, 0.25) is 23.5 Å². The van der Waals surface area contributed by atoms with Crippen LogP contribution in [0.1, 0.15) is 45.1 Å². The molecule has 14 nitrogen and oxygen atoms in total. The van der Waals surface area contributed by atoms with Gasteiger partial charge < -0.3 is 28.7 Å². The number of imide groups is 3. The molecule has 3 aliphatic rings. The number of ketones is 1. The van der Waals surface area contributed by atoms with Gasteiger partial charge in [-0.2, -0.15) is 22.1 Å². The summed E-state index contributed by atoms with van der Waals surface area (Å²) in [4.78, 5) is 85.3. The summed E-state index contributed by atoms with van der Waals surface area (Å²) in [6, 6.07) is 6.70. The number of nitrogens with zero attached hydrogens (tertiary/aromatic N) is 3. The maximum Gasteiger partial charge on any atom is 0.385 e. The highest BCUT2D eigenvalue weighted by molar-refractivity contribution is 7.44. The van der Waals surface area contributed by atoms with E-state index in [9.17, 15) is 61.0 Å². The Bertz CT molecular complexity index is 2230. The van der Waals surface area contributed by atoms with Crippen LogP contribution in [0, 0.1) is 0 Å². The van der Waals surface area contributed by atoms with Gasteiger partial charge >= 0.3 is 29.0 Å². The van der Waals surface area contributed by atoms with Crippen LogP contribution in [0.25, 0.3) is 33.4 Å². The van der Waals surface area contributed by atoms with E-state index in [0.717, 1.165) is 24.5 Å². The van der Waals surface area contributed by atoms with Crippen LogP contribution < -0.4 is 20.0 Å². The largest absolute Gasteiger partial charge is 0.756 e. The molecule has 0 bridgehead atoms. The quantitative estimate of drug-likeness (QED) is 0.107. The summed E-state index contributed by atoms with van der Waals surface area (Å²) in [5, 5.41) is 10.0. The molecule has 1 unspecified atom stereocenters. The summed E-state index contributed by atoms with van der Waals surface area (Å²) < 4.78 is 78.0. The number of phosphoric acid groups is 1. The predicted molar refractivity (Wildman–Crippen MR) is 169 cm³/mol. The first kappa shape index (κ1) is 36.8. The van der Waals surface area contributed by atoms with Crippen LogP contribution in [-0.4, -0.2) is 68.9 Å². The SMILES string of the molecule is CC1(C)C=C(COP(=O)([O-])O)c2cc3cc(-c4cc[n+](C5=C(O)C(F)(F)C(F)(F)C5=O)cc4)c(=O)oc3cc2N1CCCC(=O)N1C(=O)CCC1=O. The number of pyridine rings is 1. The van der Waals surface area contributed by atoms with Gasteiger partial charge in [0.25, 0.3) is 7.82 Å². The maximum absolute atomic E-state index is 13.9. The Hall–Kier alpha value is -5.03. The van der Waals surface area contributed by atoms with Crippen molar-refractivity contribution < 1.29 is 69.7 Å². The van der Waals surface area contributed by atoms with Crippen molar-refractivity contribution in [3.05, 3.63) is 70.5 Å². The molecular formula is C33H28F4N3O11P. The number of hydrogen-bond acceptors (Lipinski definition) is 11. The molecule has 1 aliphatic carbocycles. The molecule has 2 N–H and O–H groups in total.